The van der Waals surface area contributed by atoms with E-state index < -0.39 is 18.2 Å². The van der Waals surface area contributed by atoms with Crippen molar-refractivity contribution in [3.63, 3.8) is 0 Å². The summed E-state index contributed by atoms with van der Waals surface area (Å²) >= 11 is 0. The van der Waals surface area contributed by atoms with Crippen LogP contribution in [0.2, 0.25) is 0 Å². The summed E-state index contributed by atoms with van der Waals surface area (Å²) in [6.07, 6.45) is -5.20. The minimum absolute atomic E-state index is 0.123. The third kappa shape index (κ3) is 2.00. The maximum atomic E-state index is 12.8. The second-order valence-electron chi connectivity index (χ2n) is 3.71. The topological polar surface area (TPSA) is 40.5 Å². The molecule has 0 fully saturated rings. The van der Waals surface area contributed by atoms with Gasteiger partial charge in [-0.1, -0.05) is 13.0 Å². The normalized spacial score (nSPS) is 15.9. The van der Waals surface area contributed by atoms with Crippen LogP contribution in [0.25, 0.3) is 0 Å². The van der Waals surface area contributed by atoms with Crippen LogP contribution in [0.5, 0.6) is 5.75 Å². The number of aliphatic hydroxyl groups is 1. The lowest BCUT2D eigenvalue weighted by molar-refractivity contribution is -0.268. The van der Waals surface area contributed by atoms with E-state index in [1.54, 1.807) is 0 Å². The highest BCUT2D eigenvalue weighted by atomic mass is 19.4. The zero-order chi connectivity index (χ0) is 12.6. The Bertz CT molecular complexity index is 387. The molecule has 16 heavy (non-hydrogen) atoms. The number of hydrogen-bond donors (Lipinski definition) is 2. The number of halogens is 3. The van der Waals surface area contributed by atoms with Crippen molar-refractivity contribution in [3.8, 4) is 5.75 Å². The number of aromatic hydroxyl groups is 1. The van der Waals surface area contributed by atoms with Gasteiger partial charge in [-0.05, 0) is 36.6 Å². The maximum Gasteiger partial charge on any atom is 0.421 e. The van der Waals surface area contributed by atoms with Gasteiger partial charge in [-0.3, -0.25) is 0 Å². The van der Waals surface area contributed by atoms with Crippen molar-refractivity contribution >= 4 is 0 Å². The molecule has 1 unspecified atom stereocenters. The quantitative estimate of drug-likeness (QED) is 0.826. The van der Waals surface area contributed by atoms with Gasteiger partial charge in [-0.25, -0.2) is 0 Å². The van der Waals surface area contributed by atoms with Gasteiger partial charge < -0.3 is 10.2 Å². The van der Waals surface area contributed by atoms with Crippen molar-refractivity contribution < 1.29 is 23.4 Å². The lowest BCUT2D eigenvalue weighted by atomic mass is 9.87. The first kappa shape index (κ1) is 12.8. The molecular formula is C11H13F3O2. The molecule has 1 aromatic carbocycles. The smallest absolute Gasteiger partial charge is 0.421 e. The Balaban J connectivity index is 3.34. The van der Waals surface area contributed by atoms with Gasteiger partial charge in [0.05, 0.1) is 0 Å². The molecule has 0 saturated carbocycles. The highest BCUT2D eigenvalue weighted by molar-refractivity contribution is 5.38. The van der Waals surface area contributed by atoms with Gasteiger partial charge >= 0.3 is 6.18 Å². The molecule has 0 amide bonds. The van der Waals surface area contributed by atoms with E-state index >= 15 is 0 Å². The van der Waals surface area contributed by atoms with Gasteiger partial charge in [0.2, 0.25) is 0 Å². The summed E-state index contributed by atoms with van der Waals surface area (Å²) in [4.78, 5) is 0. The predicted octanol–water partition coefficient (Wildman–Crippen LogP) is 2.86. The highest BCUT2D eigenvalue weighted by Gasteiger charge is 2.54. The molecule has 0 bridgehead atoms. The molecule has 0 spiro atoms. The van der Waals surface area contributed by atoms with E-state index in [0.717, 1.165) is 12.1 Å². The van der Waals surface area contributed by atoms with E-state index in [-0.39, 0.29) is 16.9 Å². The zero-order valence-corrected chi connectivity index (χ0v) is 8.97. The van der Waals surface area contributed by atoms with Crippen LogP contribution in [0, 0.1) is 6.92 Å². The van der Waals surface area contributed by atoms with E-state index in [4.69, 9.17) is 5.11 Å². The Morgan fingerprint density at radius 1 is 1.25 bits per heavy atom. The molecule has 2 nitrogen and oxygen atoms in total. The lowest BCUT2D eigenvalue weighted by Gasteiger charge is -2.31. The SMILES string of the molecule is CCC(O)(c1ccc(O)cc1C)C(F)(F)F. The van der Waals surface area contributed by atoms with E-state index in [1.807, 2.05) is 0 Å². The van der Waals surface area contributed by atoms with Crippen LogP contribution in [-0.2, 0) is 5.60 Å². The number of benzene rings is 1. The molecule has 0 aromatic heterocycles. The van der Waals surface area contributed by atoms with Crippen LogP contribution >= 0.6 is 0 Å². The fourth-order valence-corrected chi connectivity index (χ4v) is 1.66. The molecule has 5 heteroatoms. The van der Waals surface area contributed by atoms with Crippen LogP contribution in [0.1, 0.15) is 24.5 Å². The fourth-order valence-electron chi connectivity index (χ4n) is 1.66. The molecule has 0 aliphatic heterocycles. The summed E-state index contributed by atoms with van der Waals surface area (Å²) in [7, 11) is 0. The van der Waals surface area contributed by atoms with E-state index in [2.05, 4.69) is 0 Å². The zero-order valence-electron chi connectivity index (χ0n) is 8.97. The first-order valence-electron chi connectivity index (χ1n) is 4.81. The number of phenolic OH excluding ortho intramolecular Hbond substituents is 1. The van der Waals surface area contributed by atoms with E-state index in [0.29, 0.717) is 0 Å². The van der Waals surface area contributed by atoms with Crippen molar-refractivity contribution in [2.75, 3.05) is 0 Å². The molecule has 90 valence electrons. The Kier molecular flexibility index (Phi) is 3.19. The summed E-state index contributed by atoms with van der Waals surface area (Å²) in [5.74, 6) is -0.123. The lowest BCUT2D eigenvalue weighted by Crippen LogP contribution is -2.42. The number of rotatable bonds is 2. The molecular weight excluding hydrogens is 221 g/mol. The monoisotopic (exact) mass is 234 g/mol. The Morgan fingerprint density at radius 3 is 2.19 bits per heavy atom. The second-order valence-corrected chi connectivity index (χ2v) is 3.71. The molecule has 0 radical (unpaired) electrons. The molecule has 1 rings (SSSR count). The number of hydrogen-bond acceptors (Lipinski definition) is 2. The Labute approximate surface area is 91.3 Å². The number of aryl methyl sites for hydroxylation is 1. The summed E-state index contributed by atoms with van der Waals surface area (Å²) in [6, 6.07) is 3.43. The number of alkyl halides is 3. The molecule has 0 heterocycles. The van der Waals surface area contributed by atoms with Crippen molar-refractivity contribution in [1.82, 2.24) is 0 Å². The third-order valence-corrected chi connectivity index (χ3v) is 2.64. The predicted molar refractivity (Wildman–Crippen MR) is 53.1 cm³/mol. The summed E-state index contributed by atoms with van der Waals surface area (Å²) in [5.41, 5.74) is -2.87. The van der Waals surface area contributed by atoms with Crippen LogP contribution in [0.3, 0.4) is 0 Å². The molecule has 1 atom stereocenters. The minimum Gasteiger partial charge on any atom is -0.508 e. The average molecular weight is 234 g/mol. The van der Waals surface area contributed by atoms with Crippen LogP contribution < -0.4 is 0 Å². The number of phenols is 1. The molecule has 1 aromatic rings. The van der Waals surface area contributed by atoms with E-state index in [9.17, 15) is 18.3 Å². The third-order valence-electron chi connectivity index (χ3n) is 2.64. The fraction of sp³-hybridized carbons (Fsp3) is 0.455. The summed E-state index contributed by atoms with van der Waals surface area (Å²) in [6.45, 7) is 2.68. The molecule has 0 aliphatic carbocycles. The van der Waals surface area contributed by atoms with Crippen molar-refractivity contribution in [2.24, 2.45) is 0 Å². The second kappa shape index (κ2) is 3.97. The summed E-state index contributed by atoms with van der Waals surface area (Å²) < 4.78 is 38.3. The Morgan fingerprint density at radius 2 is 1.81 bits per heavy atom. The Hall–Kier alpha value is -1.23. The summed E-state index contributed by atoms with van der Waals surface area (Å²) in [5, 5.41) is 18.8. The van der Waals surface area contributed by atoms with Crippen LogP contribution in [0.15, 0.2) is 18.2 Å². The van der Waals surface area contributed by atoms with Gasteiger partial charge in [0.15, 0.2) is 5.60 Å². The highest BCUT2D eigenvalue weighted by Crippen LogP contribution is 2.43. The van der Waals surface area contributed by atoms with Gasteiger partial charge in [0.1, 0.15) is 5.75 Å². The van der Waals surface area contributed by atoms with Gasteiger partial charge in [0, 0.05) is 0 Å². The maximum absolute atomic E-state index is 12.8. The molecule has 2 N–H and O–H groups in total. The van der Waals surface area contributed by atoms with Gasteiger partial charge in [-0.15, -0.1) is 0 Å². The van der Waals surface area contributed by atoms with E-state index in [1.165, 1.54) is 19.9 Å². The van der Waals surface area contributed by atoms with Gasteiger partial charge in [0.25, 0.3) is 0 Å². The van der Waals surface area contributed by atoms with Gasteiger partial charge in [-0.2, -0.15) is 13.2 Å². The van der Waals surface area contributed by atoms with Crippen molar-refractivity contribution in [3.05, 3.63) is 29.3 Å². The standard InChI is InChI=1S/C11H13F3O2/c1-3-10(16,11(12,13)14)9-5-4-8(15)6-7(9)2/h4-6,15-16H,3H2,1-2H3. The van der Waals surface area contributed by atoms with Crippen molar-refractivity contribution in [2.45, 2.75) is 32.0 Å². The molecule has 0 aliphatic rings. The first-order chi connectivity index (χ1) is 7.22. The largest absolute Gasteiger partial charge is 0.508 e. The van der Waals surface area contributed by atoms with Crippen molar-refractivity contribution in [1.29, 1.82) is 0 Å². The average Bonchev–Trinajstić information content (AvgIpc) is 2.15. The van der Waals surface area contributed by atoms with Crippen LogP contribution in [0.4, 0.5) is 13.2 Å². The van der Waals surface area contributed by atoms with Crippen LogP contribution in [-0.4, -0.2) is 16.4 Å². The first-order valence-corrected chi connectivity index (χ1v) is 4.81. The minimum atomic E-state index is -4.73. The molecule has 0 saturated heterocycles.